The van der Waals surface area contributed by atoms with Gasteiger partial charge in [0.25, 0.3) is 0 Å². The monoisotopic (exact) mass is 1960 g/mol. The Bertz CT molecular complexity index is 6190. The molecule has 0 aliphatic heterocycles. The van der Waals surface area contributed by atoms with Crippen LogP contribution in [0.2, 0.25) is 0 Å². The zero-order valence-electron chi connectivity index (χ0n) is 75.2. The van der Waals surface area contributed by atoms with E-state index in [1.54, 1.807) is 6.92 Å². The number of sulfonamides is 3. The fraction of sp³-hybridized carbons (Fsp3) is 0.354. The number of esters is 3. The summed E-state index contributed by atoms with van der Waals surface area (Å²) in [6.07, 6.45) is 17.1. The summed E-state index contributed by atoms with van der Waals surface area (Å²) in [5, 5.41) is 11.0. The first-order chi connectivity index (χ1) is 64.3. The first kappa shape index (κ1) is 106. The molecule has 0 atom stereocenters. The summed E-state index contributed by atoms with van der Waals surface area (Å²) in [6, 6.07) is 39.7. The molecule has 9 aromatic rings. The van der Waals surface area contributed by atoms with Crippen molar-refractivity contribution in [3.05, 3.63) is 277 Å². The van der Waals surface area contributed by atoms with Gasteiger partial charge in [-0.1, -0.05) is 131 Å². The number of carboxylic acid groups (broad SMARTS) is 1. The number of rotatable bonds is 30. The van der Waals surface area contributed by atoms with E-state index in [1.807, 2.05) is 72.8 Å². The molecule has 0 saturated heterocycles. The van der Waals surface area contributed by atoms with Crippen LogP contribution in [-0.4, -0.2) is 145 Å². The highest BCUT2D eigenvalue weighted by atomic mass is 32.2. The van der Waals surface area contributed by atoms with Crippen LogP contribution in [0.5, 0.6) is 0 Å². The van der Waals surface area contributed by atoms with Gasteiger partial charge in [-0.3, -0.25) is 24.0 Å². The van der Waals surface area contributed by atoms with Gasteiger partial charge >= 0.3 is 29.8 Å². The smallest absolute Gasteiger partial charge is 0.394 e. The molecule has 25 nitrogen and oxygen atoms in total. The van der Waals surface area contributed by atoms with Crippen LogP contribution in [0.25, 0.3) is 0 Å². The van der Waals surface area contributed by atoms with Crippen molar-refractivity contribution in [1.82, 2.24) is 12.9 Å². The standard InChI is InChI=1S/C33H34F4N2O7S.C32H34F4N2O5S.C31H31F4N3O6S/c1-20-28(34)30(36)32(31(37)29(20)35)47(43,44)38(3)18-27(41)39(17-22-9-11-24(12-10-22)23-7-5-4-6-8-23)26-15-13-25(14-16-26)33(42)46-19-45-21(2)40;1-4-43-32(40)24-14-16-25(17-15-24)38(18-21-10-12-23(13-11-21)22-8-6-5-7-9-22)26(39)19-37(3)44(41,42)31-29(35)27(33)20(2)28(34)30(31)36;1-18-25(32)27(34)29(28(35)26(18)33)45(43,44)37(2)17-24(39)38(23-14-12-22(13-15-23)36-30(40)31(41)42)16-19-8-10-21(11-9-19)20-6-4-3-5-7-20/h9-16,23H,4-8,17-19H2,1-3H3;10-17,22H,4-9,18-19H2,1-3H3;8-15,20H,3-7,16-17H2,1-2H3,(H,36,40)(H,41,42). The fourth-order valence-corrected chi connectivity index (χ4v) is 19.5. The third kappa shape index (κ3) is 25.3. The summed E-state index contributed by atoms with van der Waals surface area (Å²) in [5.41, 5.74) is 3.61. The Morgan fingerprint density at radius 3 is 0.846 bits per heavy atom. The number of anilines is 4. The van der Waals surface area contributed by atoms with E-state index in [-0.39, 0.29) is 58.7 Å². The lowest BCUT2D eigenvalue weighted by Gasteiger charge is -2.27. The summed E-state index contributed by atoms with van der Waals surface area (Å²) in [5.74, 6) is -30.0. The Labute approximate surface area is 778 Å². The van der Waals surface area contributed by atoms with Gasteiger partial charge in [0.05, 0.1) is 57.0 Å². The van der Waals surface area contributed by atoms with E-state index in [4.69, 9.17) is 14.6 Å². The number of carbonyl (C=O) groups excluding carboxylic acids is 7. The van der Waals surface area contributed by atoms with Crippen LogP contribution in [0.4, 0.5) is 75.4 Å². The molecule has 2 N–H and O–H groups in total. The lowest BCUT2D eigenvalue weighted by atomic mass is 9.84. The number of nitrogens with one attached hydrogen (secondary N) is 1. The number of ether oxygens (including phenoxy) is 3. The molecule has 0 spiro atoms. The van der Waals surface area contributed by atoms with E-state index >= 15 is 0 Å². The molecule has 136 heavy (non-hydrogen) atoms. The Morgan fingerprint density at radius 2 is 0.603 bits per heavy atom. The summed E-state index contributed by atoms with van der Waals surface area (Å²) < 4.78 is 267. The molecule has 3 aliphatic rings. The van der Waals surface area contributed by atoms with Crippen LogP contribution in [-0.2, 0) is 92.7 Å². The number of nitrogens with zero attached hydrogens (tertiary/aromatic N) is 6. The molecule has 3 saturated carbocycles. The second-order valence-corrected chi connectivity index (χ2v) is 38.8. The third-order valence-corrected chi connectivity index (χ3v) is 29.2. The lowest BCUT2D eigenvalue weighted by molar-refractivity contribution is -0.149. The normalized spacial score (nSPS) is 13.9. The number of amides is 4. The number of likely N-dealkylation sites (N-methyl/N-ethyl adjacent to an activating group) is 3. The quantitative estimate of drug-likeness (QED) is 0.0139. The molecule has 9 aromatic carbocycles. The average molecular weight is 1960 g/mol. The molecule has 3 fully saturated rings. The summed E-state index contributed by atoms with van der Waals surface area (Å²) in [4.78, 5) is 96.8. The van der Waals surface area contributed by atoms with Crippen molar-refractivity contribution >= 4 is 100 Å². The highest BCUT2D eigenvalue weighted by molar-refractivity contribution is 7.89. The SMILES string of the molecule is CC(=O)OCOC(=O)c1ccc(N(Cc2ccc(C3CCCCC3)cc2)C(=O)CN(C)S(=O)(=O)c2c(F)c(F)c(C)c(F)c2F)cc1.CCOC(=O)c1ccc(N(Cc2ccc(C3CCCCC3)cc2)C(=O)CN(C)S(=O)(=O)c2c(F)c(F)c(C)c(F)c2F)cc1.Cc1c(F)c(F)c(S(=O)(=O)N(C)CC(=O)N(Cc2ccc(C3CCCCC3)cc2)c2ccc(NC(=O)C(=O)O)cc2)c(F)c1F. The van der Waals surface area contributed by atoms with Crippen LogP contribution in [0.3, 0.4) is 0 Å². The van der Waals surface area contributed by atoms with Crippen LogP contribution >= 0.6 is 0 Å². The van der Waals surface area contributed by atoms with Crippen molar-refractivity contribution in [1.29, 1.82) is 0 Å². The van der Waals surface area contributed by atoms with Crippen molar-refractivity contribution in [3.8, 4) is 0 Å². The van der Waals surface area contributed by atoms with Crippen LogP contribution in [0.1, 0.15) is 199 Å². The fourth-order valence-electron chi connectivity index (χ4n) is 15.8. The minimum atomic E-state index is -5.24. The van der Waals surface area contributed by atoms with Crippen molar-refractivity contribution in [2.45, 2.75) is 183 Å². The number of aliphatic carboxylic acids is 1. The highest BCUT2D eigenvalue weighted by Gasteiger charge is 2.41. The molecule has 0 unspecified atom stereocenters. The lowest BCUT2D eigenvalue weighted by Crippen LogP contribution is -2.41. The number of halogens is 12. The van der Waals surface area contributed by atoms with Gasteiger partial charge in [0.2, 0.25) is 54.6 Å². The number of carbonyl (C=O) groups is 8. The van der Waals surface area contributed by atoms with Gasteiger partial charge < -0.3 is 39.3 Å². The highest BCUT2D eigenvalue weighted by Crippen LogP contribution is 2.39. The van der Waals surface area contributed by atoms with Gasteiger partial charge in [-0.25, -0.2) is 92.3 Å². The predicted octanol–water partition coefficient (Wildman–Crippen LogP) is 18.2. The largest absolute Gasteiger partial charge is 0.474 e. The Morgan fingerprint density at radius 1 is 0.353 bits per heavy atom. The maximum Gasteiger partial charge on any atom is 0.394 e. The number of benzene rings is 9. The van der Waals surface area contributed by atoms with Crippen LogP contribution < -0.4 is 20.0 Å². The summed E-state index contributed by atoms with van der Waals surface area (Å²) >= 11 is 0. The van der Waals surface area contributed by atoms with Gasteiger partial charge in [0, 0.05) is 67.5 Å². The maximum atomic E-state index is 14.6. The molecule has 728 valence electrons. The van der Waals surface area contributed by atoms with E-state index in [1.165, 1.54) is 125 Å². The van der Waals surface area contributed by atoms with Gasteiger partial charge in [-0.2, -0.15) is 12.9 Å². The first-order valence-corrected chi connectivity index (χ1v) is 47.5. The average Bonchev–Trinajstić information content (AvgIpc) is 0.764. The van der Waals surface area contributed by atoms with Crippen molar-refractivity contribution in [2.75, 3.05) is 74.2 Å². The van der Waals surface area contributed by atoms with E-state index in [0.29, 0.717) is 43.2 Å². The molecule has 0 radical (unpaired) electrons. The molecule has 0 aromatic heterocycles. The maximum absolute atomic E-state index is 14.6. The Hall–Kier alpha value is -12.4. The molecule has 0 heterocycles. The van der Waals surface area contributed by atoms with Gasteiger partial charge in [0.1, 0.15) is 0 Å². The third-order valence-electron chi connectivity index (χ3n) is 23.7. The minimum absolute atomic E-state index is 0.00701. The van der Waals surface area contributed by atoms with Gasteiger partial charge in [-0.05, 0) is 190 Å². The van der Waals surface area contributed by atoms with E-state index in [9.17, 15) is 116 Å². The van der Waals surface area contributed by atoms with Crippen molar-refractivity contribution < 1.29 is 136 Å². The number of carboxylic acids is 1. The second kappa shape index (κ2) is 46.4. The Kier molecular flexibility index (Phi) is 36.1. The number of hydrogen-bond donors (Lipinski definition) is 2. The Balaban J connectivity index is 0.000000211. The molecular weight excluding hydrogens is 1860 g/mol. The zero-order valence-corrected chi connectivity index (χ0v) is 77.6. The molecule has 4 amide bonds. The topological polar surface area (TPSA) is 318 Å². The zero-order chi connectivity index (χ0) is 99.7. The molecule has 0 bridgehead atoms. The van der Waals surface area contributed by atoms with Crippen LogP contribution in [0, 0.1) is 90.6 Å². The van der Waals surface area contributed by atoms with E-state index in [0.717, 1.165) is 130 Å². The number of hydrogen-bond acceptors (Lipinski definition) is 17. The second-order valence-electron chi connectivity index (χ2n) is 32.9. The predicted molar refractivity (Wildman–Crippen MR) is 476 cm³/mol. The van der Waals surface area contributed by atoms with E-state index in [2.05, 4.69) is 10.1 Å². The van der Waals surface area contributed by atoms with Crippen molar-refractivity contribution in [2.24, 2.45) is 0 Å². The summed E-state index contributed by atoms with van der Waals surface area (Å²) in [6.45, 7) is 1.63. The van der Waals surface area contributed by atoms with Gasteiger partial charge in [0.15, 0.2) is 84.5 Å². The van der Waals surface area contributed by atoms with Crippen LogP contribution in [0.15, 0.2) is 160 Å². The molecule has 40 heteroatoms. The van der Waals surface area contributed by atoms with E-state index < -0.39 is 205 Å². The molecule has 3 aliphatic carbocycles. The van der Waals surface area contributed by atoms with Gasteiger partial charge in [-0.15, -0.1) is 0 Å². The first-order valence-electron chi connectivity index (χ1n) is 43.2. The van der Waals surface area contributed by atoms with Crippen molar-refractivity contribution in [3.63, 3.8) is 0 Å². The summed E-state index contributed by atoms with van der Waals surface area (Å²) in [7, 11) is -13.1. The molecule has 12 rings (SSSR count). The molecular formula is C96H99F12N7O18S3. The minimum Gasteiger partial charge on any atom is -0.474 e.